The lowest BCUT2D eigenvalue weighted by Gasteiger charge is -2.23. The first-order valence-corrected chi connectivity index (χ1v) is 6.49. The Morgan fingerprint density at radius 2 is 0.938 bits per heavy atom. The van der Waals surface area contributed by atoms with Crippen molar-refractivity contribution < 1.29 is 14.0 Å². The Balaban J connectivity index is 4.15. The summed E-state index contributed by atoms with van der Waals surface area (Å²) in [6.07, 6.45) is 3.38. The van der Waals surface area contributed by atoms with Crippen LogP contribution in [0.25, 0.3) is 0 Å². The zero-order valence-electron chi connectivity index (χ0n) is 11.7. The van der Waals surface area contributed by atoms with Crippen LogP contribution in [0, 0.1) is 0 Å². The van der Waals surface area contributed by atoms with Gasteiger partial charge >= 0.3 is 7.32 Å². The number of hydrogen-bond donors (Lipinski definition) is 0. The second kappa shape index (κ2) is 9.02. The van der Waals surface area contributed by atoms with Crippen LogP contribution in [-0.2, 0) is 14.0 Å². The van der Waals surface area contributed by atoms with Crippen molar-refractivity contribution in [2.75, 3.05) is 0 Å². The molecule has 4 heteroatoms. The molecular weight excluding hydrogens is 203 g/mol. The van der Waals surface area contributed by atoms with Gasteiger partial charge in [-0.1, -0.05) is 20.8 Å². The van der Waals surface area contributed by atoms with Gasteiger partial charge < -0.3 is 14.0 Å². The molecule has 0 spiro atoms. The molecule has 3 atom stereocenters. The minimum atomic E-state index is -0.528. The van der Waals surface area contributed by atoms with Gasteiger partial charge in [-0.15, -0.1) is 0 Å². The van der Waals surface area contributed by atoms with E-state index >= 15 is 0 Å². The molecule has 16 heavy (non-hydrogen) atoms. The van der Waals surface area contributed by atoms with Crippen molar-refractivity contribution >= 4 is 7.32 Å². The largest absolute Gasteiger partial charge is 0.639 e. The lowest BCUT2D eigenvalue weighted by Crippen LogP contribution is -2.36. The highest BCUT2D eigenvalue weighted by atomic mass is 16.7. The highest BCUT2D eigenvalue weighted by molar-refractivity contribution is 6.36. The Bertz CT molecular complexity index is 138. The summed E-state index contributed by atoms with van der Waals surface area (Å²) < 4.78 is 17.1. The molecule has 0 aromatic heterocycles. The summed E-state index contributed by atoms with van der Waals surface area (Å²) in [4.78, 5) is 0. The molecule has 0 aliphatic rings. The summed E-state index contributed by atoms with van der Waals surface area (Å²) in [6.45, 7) is 12.4. The molecular formula is C12H27BO3. The first kappa shape index (κ1) is 15.9. The van der Waals surface area contributed by atoms with E-state index in [0.29, 0.717) is 0 Å². The molecule has 0 unspecified atom stereocenters. The molecule has 0 aliphatic heterocycles. The van der Waals surface area contributed by atoms with Gasteiger partial charge in [0.15, 0.2) is 0 Å². The van der Waals surface area contributed by atoms with Gasteiger partial charge in [0.1, 0.15) is 0 Å². The topological polar surface area (TPSA) is 27.7 Å². The Morgan fingerprint density at radius 3 is 1.12 bits per heavy atom. The third-order valence-electron chi connectivity index (χ3n) is 2.76. The molecule has 0 amide bonds. The van der Waals surface area contributed by atoms with Crippen LogP contribution in [0.1, 0.15) is 60.8 Å². The van der Waals surface area contributed by atoms with E-state index in [1.165, 1.54) is 0 Å². The van der Waals surface area contributed by atoms with Crippen LogP contribution >= 0.6 is 0 Å². The second-order valence-corrected chi connectivity index (χ2v) is 4.35. The van der Waals surface area contributed by atoms with Gasteiger partial charge in [-0.25, -0.2) is 0 Å². The molecule has 0 rings (SSSR count). The highest BCUT2D eigenvalue weighted by Gasteiger charge is 2.27. The van der Waals surface area contributed by atoms with E-state index in [1.54, 1.807) is 0 Å². The molecule has 0 saturated carbocycles. The molecule has 0 saturated heterocycles. The van der Waals surface area contributed by atoms with Crippen LogP contribution in [-0.4, -0.2) is 25.6 Å². The van der Waals surface area contributed by atoms with E-state index in [9.17, 15) is 0 Å². The van der Waals surface area contributed by atoms with Crippen LogP contribution in [0.4, 0.5) is 0 Å². The molecule has 3 nitrogen and oxygen atoms in total. The van der Waals surface area contributed by atoms with Gasteiger partial charge in [0.05, 0.1) is 0 Å². The molecule has 0 aromatic rings. The Morgan fingerprint density at radius 1 is 0.688 bits per heavy atom. The van der Waals surface area contributed by atoms with Crippen molar-refractivity contribution in [2.45, 2.75) is 79.1 Å². The van der Waals surface area contributed by atoms with Gasteiger partial charge in [-0.2, -0.15) is 0 Å². The van der Waals surface area contributed by atoms with Crippen molar-refractivity contribution in [3.05, 3.63) is 0 Å². The van der Waals surface area contributed by atoms with Crippen molar-refractivity contribution in [1.82, 2.24) is 0 Å². The maximum atomic E-state index is 5.70. The summed E-state index contributed by atoms with van der Waals surface area (Å²) in [6, 6.07) is 0. The highest BCUT2D eigenvalue weighted by Crippen LogP contribution is 2.09. The molecule has 0 fully saturated rings. The molecule has 96 valence electrons. The maximum Gasteiger partial charge on any atom is 0.639 e. The lowest BCUT2D eigenvalue weighted by molar-refractivity contribution is 0.0181. The zero-order valence-corrected chi connectivity index (χ0v) is 11.7. The van der Waals surface area contributed by atoms with Gasteiger partial charge in [0.2, 0.25) is 0 Å². The van der Waals surface area contributed by atoms with E-state index in [2.05, 4.69) is 20.8 Å². The van der Waals surface area contributed by atoms with E-state index in [-0.39, 0.29) is 18.3 Å². The predicted molar refractivity (Wildman–Crippen MR) is 68.3 cm³/mol. The summed E-state index contributed by atoms with van der Waals surface area (Å²) >= 11 is 0. The number of rotatable bonds is 9. The zero-order chi connectivity index (χ0) is 12.6. The van der Waals surface area contributed by atoms with E-state index in [1.807, 2.05) is 20.8 Å². The minimum absolute atomic E-state index is 0.165. The van der Waals surface area contributed by atoms with Crippen molar-refractivity contribution in [3.63, 3.8) is 0 Å². The van der Waals surface area contributed by atoms with Crippen LogP contribution in [0.5, 0.6) is 0 Å². The van der Waals surface area contributed by atoms with Crippen LogP contribution in [0.15, 0.2) is 0 Å². The molecule has 0 N–H and O–H groups in total. The van der Waals surface area contributed by atoms with Crippen molar-refractivity contribution in [3.8, 4) is 0 Å². The molecule has 0 heterocycles. The monoisotopic (exact) mass is 230 g/mol. The Labute approximate surface area is 101 Å². The first-order valence-electron chi connectivity index (χ1n) is 6.49. The SMILES string of the molecule is CC[C@@H](C)OB(O[C@H](C)CC)O[C@H](C)CC. The molecule has 0 aromatic carbocycles. The van der Waals surface area contributed by atoms with Crippen LogP contribution < -0.4 is 0 Å². The molecule has 0 aliphatic carbocycles. The van der Waals surface area contributed by atoms with Crippen molar-refractivity contribution in [1.29, 1.82) is 0 Å². The summed E-state index contributed by atoms with van der Waals surface area (Å²) in [5, 5.41) is 0. The second-order valence-electron chi connectivity index (χ2n) is 4.35. The normalized spacial score (nSPS) is 16.9. The van der Waals surface area contributed by atoms with Gasteiger partial charge in [0, 0.05) is 18.3 Å². The van der Waals surface area contributed by atoms with Gasteiger partial charge in [-0.05, 0) is 40.0 Å². The van der Waals surface area contributed by atoms with Gasteiger partial charge in [0.25, 0.3) is 0 Å². The van der Waals surface area contributed by atoms with E-state index in [4.69, 9.17) is 14.0 Å². The van der Waals surface area contributed by atoms with E-state index in [0.717, 1.165) is 19.3 Å². The Kier molecular flexibility index (Phi) is 8.99. The Hall–Kier alpha value is -0.0551. The average Bonchev–Trinajstić information content (AvgIpc) is 2.28. The third-order valence-corrected chi connectivity index (χ3v) is 2.76. The number of hydrogen-bond acceptors (Lipinski definition) is 3. The maximum absolute atomic E-state index is 5.70. The fraction of sp³-hybridized carbons (Fsp3) is 1.00. The van der Waals surface area contributed by atoms with Gasteiger partial charge in [-0.3, -0.25) is 0 Å². The minimum Gasteiger partial charge on any atom is -0.383 e. The average molecular weight is 230 g/mol. The van der Waals surface area contributed by atoms with Crippen LogP contribution in [0.2, 0.25) is 0 Å². The quantitative estimate of drug-likeness (QED) is 0.568. The fourth-order valence-electron chi connectivity index (χ4n) is 0.954. The first-order chi connectivity index (χ1) is 7.53. The third kappa shape index (κ3) is 7.26. The summed E-state index contributed by atoms with van der Waals surface area (Å²) in [5.74, 6) is 0. The fourth-order valence-corrected chi connectivity index (χ4v) is 0.954. The van der Waals surface area contributed by atoms with Crippen LogP contribution in [0.3, 0.4) is 0 Å². The molecule has 0 bridgehead atoms. The summed E-state index contributed by atoms with van der Waals surface area (Å²) in [7, 11) is -0.528. The smallest absolute Gasteiger partial charge is 0.383 e. The predicted octanol–water partition coefficient (Wildman–Crippen LogP) is 3.42. The lowest BCUT2D eigenvalue weighted by atomic mass is 10.1. The van der Waals surface area contributed by atoms with E-state index < -0.39 is 7.32 Å². The molecule has 0 radical (unpaired) electrons. The van der Waals surface area contributed by atoms with Crippen molar-refractivity contribution in [2.24, 2.45) is 0 Å². The standard InChI is InChI=1S/C12H27BO3/c1-7-10(4)14-13(15-11(5)8-2)16-12(6)9-3/h10-12H,7-9H2,1-6H3/t10-,11-,12-/m1/s1. The summed E-state index contributed by atoms with van der Waals surface area (Å²) in [5.41, 5.74) is 0.